The molecule has 0 fully saturated rings. The van der Waals surface area contributed by atoms with Crippen molar-refractivity contribution in [2.45, 2.75) is 38.6 Å². The summed E-state index contributed by atoms with van der Waals surface area (Å²) < 4.78 is 18.6. The fourth-order valence-corrected chi connectivity index (χ4v) is 4.53. The molecule has 2 aromatic carbocycles. The van der Waals surface area contributed by atoms with Crippen molar-refractivity contribution in [2.24, 2.45) is 0 Å². The quantitative estimate of drug-likeness (QED) is 0.335. The molecule has 1 unspecified atom stereocenters. The summed E-state index contributed by atoms with van der Waals surface area (Å²) in [7, 11) is 3.01. The van der Waals surface area contributed by atoms with Gasteiger partial charge in [0.1, 0.15) is 17.2 Å². The maximum atomic E-state index is 12.6. The highest BCUT2D eigenvalue weighted by atomic mass is 35.5. The zero-order chi connectivity index (χ0) is 24.8. The lowest BCUT2D eigenvalue weighted by Crippen LogP contribution is -2.16. The molecule has 0 spiro atoms. The van der Waals surface area contributed by atoms with Crippen LogP contribution in [0.15, 0.2) is 35.5 Å². The number of carbonyl (C=O) groups is 1. The van der Waals surface area contributed by atoms with Crippen LogP contribution in [0.3, 0.4) is 0 Å². The lowest BCUT2D eigenvalue weighted by Gasteiger charge is -2.17. The van der Waals surface area contributed by atoms with E-state index in [-0.39, 0.29) is 17.8 Å². The summed E-state index contributed by atoms with van der Waals surface area (Å²) in [6.45, 7) is 6.46. The summed E-state index contributed by atoms with van der Waals surface area (Å²) in [6, 6.07) is 8.67. The third-order valence-electron chi connectivity index (χ3n) is 4.95. The molecule has 1 N–H and O–H groups in total. The highest BCUT2D eigenvalue weighted by Crippen LogP contribution is 2.36. The van der Waals surface area contributed by atoms with Gasteiger partial charge in [-0.05, 0) is 44.5 Å². The van der Waals surface area contributed by atoms with Gasteiger partial charge in [-0.25, -0.2) is 0 Å². The fraction of sp³-hybridized carbons (Fsp3) is 0.348. The van der Waals surface area contributed by atoms with Crippen LogP contribution in [0, 0.1) is 6.92 Å². The van der Waals surface area contributed by atoms with E-state index in [4.69, 9.17) is 37.4 Å². The number of methoxy groups -OCH3 is 2. The summed E-state index contributed by atoms with van der Waals surface area (Å²) in [5.74, 6) is 2.16. The molecule has 0 aliphatic heterocycles. The number of carbonyl (C=O) groups excluding carboxylic acids is 1. The Morgan fingerprint density at radius 3 is 2.50 bits per heavy atom. The Kier molecular flexibility index (Phi) is 8.93. The minimum Gasteiger partial charge on any atom is -0.495 e. The number of benzene rings is 2. The van der Waals surface area contributed by atoms with Gasteiger partial charge in [-0.1, -0.05) is 35.0 Å². The molecule has 3 aromatic rings. The van der Waals surface area contributed by atoms with Gasteiger partial charge in [-0.2, -0.15) is 0 Å². The average Bonchev–Trinajstić information content (AvgIpc) is 3.23. The SMILES string of the molecule is CCn1c(SCC(=O)Nc2cc(OC)c(Cl)cc2OC)nnc1C(C)Oc1ccc(Cl)cc1C. The number of halogens is 2. The minimum atomic E-state index is -0.346. The van der Waals surface area contributed by atoms with Crippen LogP contribution < -0.4 is 19.5 Å². The number of thioether (sulfide) groups is 1. The van der Waals surface area contributed by atoms with Gasteiger partial charge in [0.25, 0.3) is 0 Å². The van der Waals surface area contributed by atoms with Crippen LogP contribution in [0.4, 0.5) is 5.69 Å². The second-order valence-electron chi connectivity index (χ2n) is 7.28. The number of ether oxygens (including phenoxy) is 3. The Morgan fingerprint density at radius 1 is 1.12 bits per heavy atom. The third kappa shape index (κ3) is 6.08. The van der Waals surface area contributed by atoms with Crippen molar-refractivity contribution in [3.05, 3.63) is 51.8 Å². The Balaban J connectivity index is 1.68. The van der Waals surface area contributed by atoms with E-state index in [0.29, 0.717) is 44.8 Å². The highest BCUT2D eigenvalue weighted by Gasteiger charge is 2.20. The van der Waals surface area contributed by atoms with E-state index in [0.717, 1.165) is 11.3 Å². The number of nitrogens with one attached hydrogen (secondary N) is 1. The number of hydrogen-bond acceptors (Lipinski definition) is 7. The minimum absolute atomic E-state index is 0.123. The van der Waals surface area contributed by atoms with Crippen LogP contribution in [0.25, 0.3) is 0 Å². The standard InChI is InChI=1S/C23H26Cl2N4O4S/c1-6-29-22(14(3)33-18-8-7-15(24)9-13(18)2)27-28-23(29)34-12-21(30)26-17-11-19(31-4)16(25)10-20(17)32-5/h7-11,14H,6,12H2,1-5H3,(H,26,30). The molecular formula is C23H26Cl2N4O4S. The Morgan fingerprint density at radius 2 is 1.85 bits per heavy atom. The number of anilines is 1. The van der Waals surface area contributed by atoms with E-state index in [1.807, 2.05) is 37.5 Å². The van der Waals surface area contributed by atoms with Gasteiger partial charge in [-0.15, -0.1) is 10.2 Å². The molecular weight excluding hydrogens is 499 g/mol. The fourth-order valence-electron chi connectivity index (χ4n) is 3.27. The molecule has 1 aromatic heterocycles. The second-order valence-corrected chi connectivity index (χ2v) is 9.06. The number of rotatable bonds is 10. The van der Waals surface area contributed by atoms with Gasteiger partial charge in [0.15, 0.2) is 17.1 Å². The first-order valence-electron chi connectivity index (χ1n) is 10.5. The van der Waals surface area contributed by atoms with Crippen molar-refractivity contribution >= 4 is 46.6 Å². The number of amides is 1. The normalized spacial score (nSPS) is 11.7. The molecule has 8 nitrogen and oxygen atoms in total. The molecule has 0 saturated carbocycles. The second kappa shape index (κ2) is 11.7. The van der Waals surface area contributed by atoms with Crippen molar-refractivity contribution in [2.75, 3.05) is 25.3 Å². The van der Waals surface area contributed by atoms with E-state index >= 15 is 0 Å². The van der Waals surface area contributed by atoms with E-state index in [9.17, 15) is 4.79 Å². The van der Waals surface area contributed by atoms with Crippen LogP contribution in [0.2, 0.25) is 10.0 Å². The third-order valence-corrected chi connectivity index (χ3v) is 6.44. The molecule has 34 heavy (non-hydrogen) atoms. The molecule has 1 amide bonds. The van der Waals surface area contributed by atoms with Crippen molar-refractivity contribution in [1.29, 1.82) is 0 Å². The molecule has 3 rings (SSSR count). The van der Waals surface area contributed by atoms with Gasteiger partial charge < -0.3 is 24.1 Å². The number of hydrogen-bond donors (Lipinski definition) is 1. The monoisotopic (exact) mass is 524 g/mol. The maximum Gasteiger partial charge on any atom is 0.234 e. The highest BCUT2D eigenvalue weighted by molar-refractivity contribution is 7.99. The van der Waals surface area contributed by atoms with E-state index < -0.39 is 0 Å². The van der Waals surface area contributed by atoms with Gasteiger partial charge in [0, 0.05) is 23.7 Å². The van der Waals surface area contributed by atoms with E-state index in [1.165, 1.54) is 26.0 Å². The molecule has 0 aliphatic carbocycles. The molecule has 0 radical (unpaired) electrons. The molecule has 1 atom stereocenters. The van der Waals surface area contributed by atoms with Crippen molar-refractivity contribution < 1.29 is 19.0 Å². The first-order valence-corrected chi connectivity index (χ1v) is 12.2. The first kappa shape index (κ1) is 26.0. The Bertz CT molecular complexity index is 1170. The van der Waals surface area contributed by atoms with Gasteiger partial charge in [0.2, 0.25) is 5.91 Å². The molecule has 11 heteroatoms. The van der Waals surface area contributed by atoms with Gasteiger partial charge in [-0.3, -0.25) is 4.79 Å². The summed E-state index contributed by atoms with van der Waals surface area (Å²) in [5.41, 5.74) is 1.40. The first-order chi connectivity index (χ1) is 16.3. The van der Waals surface area contributed by atoms with Crippen LogP contribution in [0.1, 0.15) is 31.3 Å². The number of aromatic nitrogens is 3. The Hall–Kier alpha value is -2.62. The molecule has 0 aliphatic rings. The zero-order valence-corrected chi connectivity index (χ0v) is 21.8. The van der Waals surface area contributed by atoms with Crippen molar-refractivity contribution in [3.8, 4) is 17.2 Å². The van der Waals surface area contributed by atoms with Crippen LogP contribution in [0.5, 0.6) is 17.2 Å². The molecule has 0 saturated heterocycles. The van der Waals surface area contributed by atoms with Crippen LogP contribution >= 0.6 is 35.0 Å². The van der Waals surface area contributed by atoms with Crippen molar-refractivity contribution in [3.63, 3.8) is 0 Å². The lowest BCUT2D eigenvalue weighted by molar-refractivity contribution is -0.113. The van der Waals surface area contributed by atoms with Gasteiger partial charge in [0.05, 0.1) is 30.7 Å². The predicted molar refractivity (Wildman–Crippen MR) is 135 cm³/mol. The number of nitrogens with zero attached hydrogens (tertiary/aromatic N) is 3. The van der Waals surface area contributed by atoms with E-state index in [1.54, 1.807) is 18.2 Å². The van der Waals surface area contributed by atoms with Crippen LogP contribution in [-0.4, -0.2) is 40.6 Å². The topological polar surface area (TPSA) is 87.5 Å². The smallest absolute Gasteiger partial charge is 0.234 e. The zero-order valence-electron chi connectivity index (χ0n) is 19.5. The summed E-state index contributed by atoms with van der Waals surface area (Å²) >= 11 is 13.4. The molecule has 1 heterocycles. The van der Waals surface area contributed by atoms with Crippen LogP contribution in [-0.2, 0) is 11.3 Å². The summed E-state index contributed by atoms with van der Waals surface area (Å²) in [6.07, 6.45) is -0.346. The predicted octanol–water partition coefficient (Wildman–Crippen LogP) is 5.80. The summed E-state index contributed by atoms with van der Waals surface area (Å²) in [5, 5.41) is 13.1. The summed E-state index contributed by atoms with van der Waals surface area (Å²) in [4.78, 5) is 12.6. The lowest BCUT2D eigenvalue weighted by atomic mass is 10.2. The largest absolute Gasteiger partial charge is 0.495 e. The average molecular weight is 525 g/mol. The number of aryl methyl sites for hydroxylation is 1. The Labute approximate surface area is 212 Å². The van der Waals surface area contributed by atoms with Gasteiger partial charge >= 0.3 is 0 Å². The molecule has 0 bridgehead atoms. The van der Waals surface area contributed by atoms with Crippen molar-refractivity contribution in [1.82, 2.24) is 14.8 Å². The maximum absolute atomic E-state index is 12.6. The molecule has 182 valence electrons. The van der Waals surface area contributed by atoms with E-state index in [2.05, 4.69) is 15.5 Å².